The molecule has 2 aromatic heterocycles. The largest absolute Gasteiger partial charge is 0.451 e. The van der Waals surface area contributed by atoms with Crippen molar-refractivity contribution in [2.45, 2.75) is 75.5 Å². The van der Waals surface area contributed by atoms with Gasteiger partial charge in [-0.1, -0.05) is 42.6 Å². The van der Waals surface area contributed by atoms with Gasteiger partial charge >= 0.3 is 6.18 Å². The highest BCUT2D eigenvalue weighted by molar-refractivity contribution is 6.33. The lowest BCUT2D eigenvalue weighted by Crippen LogP contribution is -2.45. The van der Waals surface area contributed by atoms with Crippen molar-refractivity contribution in [3.05, 3.63) is 52.7 Å². The van der Waals surface area contributed by atoms with Crippen LogP contribution in [0.1, 0.15) is 73.1 Å². The van der Waals surface area contributed by atoms with Gasteiger partial charge in [-0.15, -0.1) is 10.2 Å². The number of likely N-dealkylation sites (tertiary alicyclic amines) is 1. The summed E-state index contributed by atoms with van der Waals surface area (Å²) in [7, 11) is 0. The van der Waals surface area contributed by atoms with Crippen LogP contribution in [0, 0.1) is 0 Å². The van der Waals surface area contributed by atoms with Crippen molar-refractivity contribution < 1.29 is 26.7 Å². The van der Waals surface area contributed by atoms with Crippen LogP contribution < -0.4 is 5.32 Å². The number of carbonyl (C=O) groups excluding carboxylic acids is 1. The van der Waals surface area contributed by atoms with Gasteiger partial charge in [-0.2, -0.15) is 18.3 Å². The topological polar surface area (TPSA) is 91.7 Å². The highest BCUT2D eigenvalue weighted by Gasteiger charge is 2.37. The zero-order chi connectivity index (χ0) is 29.2. The number of aromatic amines is 1. The molecule has 1 aliphatic carbocycles. The minimum absolute atomic E-state index is 0.0696. The van der Waals surface area contributed by atoms with Crippen molar-refractivity contribution in [1.29, 1.82) is 0 Å². The van der Waals surface area contributed by atoms with E-state index in [9.17, 15) is 26.7 Å². The first-order valence-corrected chi connectivity index (χ1v) is 14.1. The predicted molar refractivity (Wildman–Crippen MR) is 142 cm³/mol. The molecule has 0 radical (unpaired) electrons. The van der Waals surface area contributed by atoms with E-state index >= 15 is 0 Å². The lowest BCUT2D eigenvalue weighted by atomic mass is 10.0. The van der Waals surface area contributed by atoms with Crippen molar-refractivity contribution in [3.8, 4) is 11.3 Å². The number of nitrogens with zero attached hydrogens (tertiary/aromatic N) is 5. The van der Waals surface area contributed by atoms with Crippen LogP contribution in [0.25, 0.3) is 11.3 Å². The molecule has 0 spiro atoms. The Bertz CT molecular complexity index is 1350. The average Bonchev–Trinajstić information content (AvgIpc) is 3.67. The number of aromatic nitrogens is 5. The lowest BCUT2D eigenvalue weighted by Gasteiger charge is -2.33. The third-order valence-electron chi connectivity index (χ3n) is 7.63. The van der Waals surface area contributed by atoms with Gasteiger partial charge in [0, 0.05) is 36.0 Å². The normalized spacial score (nSPS) is 19.0. The molecule has 2 fully saturated rings. The number of halogens is 6. The second-order valence-electron chi connectivity index (χ2n) is 10.8. The van der Waals surface area contributed by atoms with Crippen LogP contribution in [0.4, 0.5) is 22.0 Å². The molecule has 5 rings (SSSR count). The Kier molecular flexibility index (Phi) is 8.65. The summed E-state index contributed by atoms with van der Waals surface area (Å²) in [6, 6.07) is 8.32. The van der Waals surface area contributed by atoms with E-state index in [2.05, 4.69) is 25.6 Å². The number of hydrogen-bond donors (Lipinski definition) is 2. The molecular weight excluding hydrogens is 569 g/mol. The molecule has 41 heavy (non-hydrogen) atoms. The zero-order valence-electron chi connectivity index (χ0n) is 22.2. The van der Waals surface area contributed by atoms with Gasteiger partial charge in [-0.3, -0.25) is 14.4 Å². The molecule has 2 N–H and O–H groups in total. The number of hydrogen-bond acceptors (Lipinski definition) is 5. The van der Waals surface area contributed by atoms with Gasteiger partial charge in [0.1, 0.15) is 5.82 Å². The first kappa shape index (κ1) is 29.4. The van der Waals surface area contributed by atoms with E-state index in [-0.39, 0.29) is 43.4 Å². The molecule has 8 nitrogen and oxygen atoms in total. The van der Waals surface area contributed by atoms with E-state index in [1.54, 1.807) is 17.0 Å². The monoisotopic (exact) mass is 599 g/mol. The third kappa shape index (κ3) is 7.24. The van der Waals surface area contributed by atoms with Gasteiger partial charge in [0.05, 0.1) is 18.3 Å². The van der Waals surface area contributed by atoms with Crippen LogP contribution in [0.2, 0.25) is 5.02 Å². The molecule has 1 aliphatic heterocycles. The number of nitrogens with one attached hydrogen (secondary N) is 2. The quantitative estimate of drug-likeness (QED) is 0.298. The predicted octanol–water partition coefficient (Wildman–Crippen LogP) is 5.92. The summed E-state index contributed by atoms with van der Waals surface area (Å²) in [5.41, 5.74) is 1.57. The van der Waals surface area contributed by atoms with Crippen molar-refractivity contribution in [3.63, 3.8) is 0 Å². The second-order valence-corrected chi connectivity index (χ2v) is 11.2. The Morgan fingerprint density at radius 1 is 1.17 bits per heavy atom. The number of amides is 1. The lowest BCUT2D eigenvalue weighted by molar-refractivity contribution is -0.144. The van der Waals surface area contributed by atoms with E-state index < -0.39 is 36.4 Å². The van der Waals surface area contributed by atoms with Crippen LogP contribution in [0.3, 0.4) is 0 Å². The molecule has 2 aliphatic rings. The molecule has 14 heteroatoms. The smallest absolute Gasteiger partial charge is 0.347 e. The number of alkyl halides is 5. The minimum Gasteiger partial charge on any atom is -0.347 e. The summed E-state index contributed by atoms with van der Waals surface area (Å²) >= 11 is 6.47. The Labute approximate surface area is 238 Å². The van der Waals surface area contributed by atoms with E-state index in [1.807, 2.05) is 22.9 Å². The van der Waals surface area contributed by atoms with Gasteiger partial charge < -0.3 is 10.3 Å². The average molecular weight is 600 g/mol. The summed E-state index contributed by atoms with van der Waals surface area (Å²) < 4.78 is 68.9. The summed E-state index contributed by atoms with van der Waals surface area (Å²) in [6.45, 7) is 0.299. The SMILES string of the molecule is O=C(N[C@@H](CCN1CCCC(F)(F)C1)Cc1nnc(C(F)(F)F)[nH]1)c1cc(-c2ccccc2Cl)n(C2CCCC2)n1. The maximum atomic E-state index is 13.9. The summed E-state index contributed by atoms with van der Waals surface area (Å²) in [5, 5.41) is 14.8. The number of piperidine rings is 1. The van der Waals surface area contributed by atoms with Crippen LogP contribution in [0.5, 0.6) is 0 Å². The highest BCUT2D eigenvalue weighted by atomic mass is 35.5. The molecule has 1 amide bonds. The fraction of sp³-hybridized carbons (Fsp3) is 0.556. The maximum absolute atomic E-state index is 13.9. The number of H-pyrrole nitrogens is 1. The van der Waals surface area contributed by atoms with E-state index in [0.717, 1.165) is 31.2 Å². The summed E-state index contributed by atoms with van der Waals surface area (Å²) in [6.07, 6.45) is -0.516. The molecule has 3 heterocycles. The van der Waals surface area contributed by atoms with E-state index in [0.29, 0.717) is 23.7 Å². The van der Waals surface area contributed by atoms with Gasteiger partial charge in [-0.05, 0) is 44.4 Å². The van der Waals surface area contributed by atoms with Crippen molar-refractivity contribution in [2.24, 2.45) is 0 Å². The Morgan fingerprint density at radius 2 is 1.93 bits per heavy atom. The van der Waals surface area contributed by atoms with Crippen molar-refractivity contribution in [1.82, 2.24) is 35.2 Å². The van der Waals surface area contributed by atoms with Gasteiger partial charge in [0.2, 0.25) is 5.82 Å². The molecule has 1 atom stereocenters. The fourth-order valence-electron chi connectivity index (χ4n) is 5.61. The Balaban J connectivity index is 1.37. The molecule has 0 bridgehead atoms. The Morgan fingerprint density at radius 3 is 2.61 bits per heavy atom. The van der Waals surface area contributed by atoms with Gasteiger partial charge in [0.15, 0.2) is 5.69 Å². The summed E-state index contributed by atoms with van der Waals surface area (Å²) in [5.74, 6) is -4.64. The molecular formula is C27H31ClF5N7O. The van der Waals surface area contributed by atoms with Crippen LogP contribution in [0.15, 0.2) is 30.3 Å². The standard InChI is InChI=1S/C27H31ClF5N7O/c28-20-9-4-3-8-19(20)22-15-21(38-40(22)18-6-1-2-7-18)24(41)34-17(10-13-39-12-5-11-26(29,30)16-39)14-23-35-25(37-36-23)27(31,32)33/h3-4,8-9,15,17-18H,1-2,5-7,10-14,16H2,(H,34,41)(H,35,36,37)/t17-/m0/s1. The Hall–Kier alpha value is -3.06. The third-order valence-corrected chi connectivity index (χ3v) is 7.96. The number of benzene rings is 1. The first-order valence-electron chi connectivity index (χ1n) is 13.7. The van der Waals surface area contributed by atoms with Crippen molar-refractivity contribution in [2.75, 3.05) is 19.6 Å². The molecule has 222 valence electrons. The second kappa shape index (κ2) is 12.0. The number of carbonyl (C=O) groups is 1. The molecule has 1 aromatic carbocycles. The summed E-state index contributed by atoms with van der Waals surface area (Å²) in [4.78, 5) is 17.2. The zero-order valence-corrected chi connectivity index (χ0v) is 23.0. The van der Waals surface area contributed by atoms with Crippen LogP contribution in [-0.4, -0.2) is 67.4 Å². The van der Waals surface area contributed by atoms with Crippen LogP contribution >= 0.6 is 11.6 Å². The first-order chi connectivity index (χ1) is 19.5. The van der Waals surface area contributed by atoms with E-state index in [1.165, 1.54) is 0 Å². The maximum Gasteiger partial charge on any atom is 0.451 e. The molecule has 0 unspecified atom stereocenters. The van der Waals surface area contributed by atoms with E-state index in [4.69, 9.17) is 11.6 Å². The molecule has 1 saturated heterocycles. The number of rotatable bonds is 9. The molecule has 3 aromatic rings. The molecule has 1 saturated carbocycles. The van der Waals surface area contributed by atoms with Crippen LogP contribution in [-0.2, 0) is 12.6 Å². The fourth-order valence-corrected chi connectivity index (χ4v) is 5.85. The highest BCUT2D eigenvalue weighted by Crippen LogP contribution is 2.36. The van der Waals surface area contributed by atoms with Gasteiger partial charge in [0.25, 0.3) is 11.8 Å². The van der Waals surface area contributed by atoms with Crippen molar-refractivity contribution >= 4 is 17.5 Å². The van der Waals surface area contributed by atoms with Gasteiger partial charge in [-0.25, -0.2) is 8.78 Å². The minimum atomic E-state index is -4.70.